The van der Waals surface area contributed by atoms with Gasteiger partial charge >= 0.3 is 6.09 Å². The first kappa shape index (κ1) is 19.5. The number of cyclic esters (lactones) is 1. The van der Waals surface area contributed by atoms with Gasteiger partial charge in [-0.05, 0) is 37.1 Å². The fraction of sp³-hybridized carbons (Fsp3) is 0.316. The van der Waals surface area contributed by atoms with E-state index in [1.54, 1.807) is 11.0 Å². The largest absolute Gasteiger partial charge is 0.444 e. The molecule has 0 atom stereocenters. The van der Waals surface area contributed by atoms with Crippen LogP contribution in [0.15, 0.2) is 47.4 Å². The Balaban J connectivity index is 1.54. The number of fused-ring (bicyclic) bond motifs is 1. The molecular weight excluding hydrogens is 423 g/mol. The first-order valence-electron chi connectivity index (χ1n) is 8.87. The highest BCUT2D eigenvalue weighted by Gasteiger charge is 2.37. The number of hydrogen-bond donors (Lipinski definition) is 0. The Morgan fingerprint density at radius 1 is 1.04 bits per heavy atom. The molecule has 0 spiro atoms. The van der Waals surface area contributed by atoms with Crippen molar-refractivity contribution in [3.05, 3.63) is 58.1 Å². The van der Waals surface area contributed by atoms with Crippen LogP contribution in [-0.2, 0) is 21.4 Å². The van der Waals surface area contributed by atoms with Crippen molar-refractivity contribution in [2.75, 3.05) is 18.0 Å². The van der Waals surface area contributed by atoms with Gasteiger partial charge in [-0.15, -0.1) is 0 Å². The van der Waals surface area contributed by atoms with Gasteiger partial charge in [0, 0.05) is 29.7 Å². The first-order valence-corrected chi connectivity index (χ1v) is 11.1. The van der Waals surface area contributed by atoms with Gasteiger partial charge in [-0.3, -0.25) is 4.90 Å². The van der Waals surface area contributed by atoms with E-state index in [1.807, 2.05) is 24.3 Å². The van der Waals surface area contributed by atoms with E-state index in [0.717, 1.165) is 11.3 Å². The zero-order valence-electron chi connectivity index (χ0n) is 14.8. The molecule has 2 aliphatic rings. The summed E-state index contributed by atoms with van der Waals surface area (Å²) in [6.07, 6.45) is 0.611. The molecule has 0 bridgehead atoms. The molecule has 1 saturated heterocycles. The quantitative estimate of drug-likeness (QED) is 0.713. The molecule has 2 aromatic rings. The molecule has 2 aromatic carbocycles. The molecule has 0 radical (unpaired) electrons. The Morgan fingerprint density at radius 2 is 1.75 bits per heavy atom. The van der Waals surface area contributed by atoms with Crippen molar-refractivity contribution < 1.29 is 17.9 Å². The molecule has 0 saturated carbocycles. The standard InChI is InChI=1S/C19H18Cl2N2O4S/c20-14-5-6-16(21)18(11-14)28(25,26)22-9-7-15(8-10-22)23-17-4-2-1-3-13(17)12-27-19(23)24/h1-6,11,15H,7-10,12H2. The molecule has 9 heteroatoms. The number of halogens is 2. The van der Waals surface area contributed by atoms with Gasteiger partial charge in [0.2, 0.25) is 10.0 Å². The Hall–Kier alpha value is -1.80. The maximum atomic E-state index is 13.0. The highest BCUT2D eigenvalue weighted by molar-refractivity contribution is 7.89. The number of sulfonamides is 1. The molecule has 6 nitrogen and oxygen atoms in total. The minimum Gasteiger partial charge on any atom is -0.444 e. The van der Waals surface area contributed by atoms with Gasteiger partial charge in [-0.2, -0.15) is 4.31 Å². The third kappa shape index (κ3) is 3.48. The monoisotopic (exact) mass is 440 g/mol. The highest BCUT2D eigenvalue weighted by Crippen LogP contribution is 2.34. The van der Waals surface area contributed by atoms with E-state index in [2.05, 4.69) is 0 Å². The van der Waals surface area contributed by atoms with Gasteiger partial charge in [0.1, 0.15) is 11.5 Å². The van der Waals surface area contributed by atoms with E-state index in [4.69, 9.17) is 27.9 Å². The number of piperidine rings is 1. The minimum absolute atomic E-state index is 0.00263. The zero-order chi connectivity index (χ0) is 19.9. The summed E-state index contributed by atoms with van der Waals surface area (Å²) in [5.41, 5.74) is 1.78. The van der Waals surface area contributed by atoms with Crippen molar-refractivity contribution in [3.8, 4) is 0 Å². The van der Waals surface area contributed by atoms with Crippen LogP contribution in [0.4, 0.5) is 10.5 Å². The molecule has 0 unspecified atom stereocenters. The zero-order valence-corrected chi connectivity index (χ0v) is 17.2. The van der Waals surface area contributed by atoms with Crippen molar-refractivity contribution in [2.45, 2.75) is 30.4 Å². The number of amides is 1. The van der Waals surface area contributed by atoms with E-state index in [0.29, 0.717) is 17.9 Å². The lowest BCUT2D eigenvalue weighted by Gasteiger charge is -2.39. The van der Waals surface area contributed by atoms with E-state index >= 15 is 0 Å². The van der Waals surface area contributed by atoms with Gasteiger partial charge in [0.25, 0.3) is 0 Å². The highest BCUT2D eigenvalue weighted by atomic mass is 35.5. The first-order chi connectivity index (χ1) is 13.4. The Bertz CT molecular complexity index is 1020. The van der Waals surface area contributed by atoms with Crippen LogP contribution in [0.3, 0.4) is 0 Å². The van der Waals surface area contributed by atoms with E-state index < -0.39 is 16.1 Å². The van der Waals surface area contributed by atoms with Crippen LogP contribution in [0.2, 0.25) is 10.0 Å². The van der Waals surface area contributed by atoms with Gasteiger partial charge in [0.15, 0.2) is 0 Å². The van der Waals surface area contributed by atoms with Crippen LogP contribution in [0.1, 0.15) is 18.4 Å². The lowest BCUT2D eigenvalue weighted by atomic mass is 10.0. The van der Waals surface area contributed by atoms with Crippen LogP contribution >= 0.6 is 23.2 Å². The average molecular weight is 441 g/mol. The number of hydrogen-bond acceptors (Lipinski definition) is 4. The van der Waals surface area contributed by atoms with Gasteiger partial charge in [0.05, 0.1) is 10.7 Å². The number of benzene rings is 2. The fourth-order valence-corrected chi connectivity index (χ4v) is 5.88. The van der Waals surface area contributed by atoms with Crippen molar-refractivity contribution in [3.63, 3.8) is 0 Å². The summed E-state index contributed by atoms with van der Waals surface area (Å²) in [7, 11) is -3.76. The van der Waals surface area contributed by atoms with Crippen molar-refractivity contribution in [2.24, 2.45) is 0 Å². The van der Waals surface area contributed by atoms with Crippen molar-refractivity contribution in [1.29, 1.82) is 0 Å². The molecule has 2 aliphatic heterocycles. The summed E-state index contributed by atoms with van der Waals surface area (Å²) in [5, 5.41) is 0.450. The van der Waals surface area contributed by atoms with E-state index in [1.165, 1.54) is 16.4 Å². The topological polar surface area (TPSA) is 66.9 Å². The molecule has 0 aromatic heterocycles. The smallest absolute Gasteiger partial charge is 0.414 e. The summed E-state index contributed by atoms with van der Waals surface area (Å²) >= 11 is 12.0. The Morgan fingerprint density at radius 3 is 2.50 bits per heavy atom. The summed E-state index contributed by atoms with van der Waals surface area (Å²) in [6, 6.07) is 11.9. The van der Waals surface area contributed by atoms with E-state index in [9.17, 15) is 13.2 Å². The molecule has 2 heterocycles. The number of nitrogens with zero attached hydrogens (tertiary/aromatic N) is 2. The Labute approximate surface area is 173 Å². The fourth-order valence-electron chi connectivity index (χ4n) is 3.68. The van der Waals surface area contributed by atoms with Crippen LogP contribution < -0.4 is 4.90 Å². The molecule has 28 heavy (non-hydrogen) atoms. The number of para-hydroxylation sites is 1. The lowest BCUT2D eigenvalue weighted by Crippen LogP contribution is -2.50. The normalized spacial score (nSPS) is 18.6. The van der Waals surface area contributed by atoms with Crippen LogP contribution in [0, 0.1) is 0 Å². The Kier molecular flexibility index (Phi) is 5.26. The van der Waals surface area contributed by atoms with Gasteiger partial charge in [-0.1, -0.05) is 41.4 Å². The summed E-state index contributed by atoms with van der Waals surface area (Å²) in [5.74, 6) is 0. The molecule has 0 aliphatic carbocycles. The summed E-state index contributed by atoms with van der Waals surface area (Å²) < 4.78 is 32.6. The number of carbonyl (C=O) groups excluding carboxylic acids is 1. The number of anilines is 1. The van der Waals surface area contributed by atoms with Crippen LogP contribution in [0.25, 0.3) is 0 Å². The predicted octanol–water partition coefficient (Wildman–Crippen LogP) is 4.30. The van der Waals surface area contributed by atoms with E-state index in [-0.39, 0.29) is 35.7 Å². The van der Waals surface area contributed by atoms with Crippen LogP contribution in [-0.4, -0.2) is 37.9 Å². The maximum Gasteiger partial charge on any atom is 0.414 e. The number of ether oxygens (including phenoxy) is 1. The average Bonchev–Trinajstić information content (AvgIpc) is 2.70. The van der Waals surface area contributed by atoms with Gasteiger partial charge < -0.3 is 4.74 Å². The second kappa shape index (κ2) is 7.55. The molecule has 1 fully saturated rings. The van der Waals surface area contributed by atoms with Crippen LogP contribution in [0.5, 0.6) is 0 Å². The van der Waals surface area contributed by atoms with Crippen molar-refractivity contribution in [1.82, 2.24) is 4.31 Å². The number of carbonyl (C=O) groups is 1. The molecule has 0 N–H and O–H groups in total. The third-order valence-corrected chi connectivity index (χ3v) is 7.71. The second-order valence-corrected chi connectivity index (χ2v) is 9.51. The summed E-state index contributed by atoms with van der Waals surface area (Å²) in [6.45, 7) is 0.815. The minimum atomic E-state index is -3.76. The second-order valence-electron chi connectivity index (χ2n) is 6.76. The predicted molar refractivity (Wildman–Crippen MR) is 107 cm³/mol. The molecule has 148 valence electrons. The van der Waals surface area contributed by atoms with Crippen molar-refractivity contribution >= 4 is 45.0 Å². The summed E-state index contributed by atoms with van der Waals surface area (Å²) in [4.78, 5) is 14.0. The van der Waals surface area contributed by atoms with Gasteiger partial charge in [-0.25, -0.2) is 13.2 Å². The molecular formula is C19H18Cl2N2O4S. The lowest BCUT2D eigenvalue weighted by molar-refractivity contribution is 0.136. The maximum absolute atomic E-state index is 13.0. The number of rotatable bonds is 3. The third-order valence-electron chi connectivity index (χ3n) is 5.10. The molecule has 4 rings (SSSR count). The SMILES string of the molecule is O=C1OCc2ccccc2N1C1CCN(S(=O)(=O)c2cc(Cl)ccc2Cl)CC1. The molecule has 1 amide bonds.